The van der Waals surface area contributed by atoms with Crippen LogP contribution < -0.4 is 0 Å². The molecule has 0 bridgehead atoms. The van der Waals surface area contributed by atoms with Crippen LogP contribution in [-0.4, -0.2) is 46.7 Å². The fourth-order valence-corrected chi connectivity index (χ4v) is 1.36. The minimum Gasteiger partial charge on any atom is -0.480 e. The first-order chi connectivity index (χ1) is 7.06. The molecular weight excluding hydrogens is 198 g/mol. The Kier molecular flexibility index (Phi) is 7.62. The van der Waals surface area contributed by atoms with Crippen molar-refractivity contribution in [2.24, 2.45) is 0 Å². The maximum Gasteiger partial charge on any atom is 0.317 e. The topological polar surface area (TPSA) is 77.8 Å². The molecular formula is C10H19NO4. The predicted molar refractivity (Wildman–Crippen MR) is 55.9 cm³/mol. The third kappa shape index (κ3) is 9.21. The Hall–Kier alpha value is -1.10. The highest BCUT2D eigenvalue weighted by molar-refractivity contribution is 5.72. The molecule has 15 heavy (non-hydrogen) atoms. The van der Waals surface area contributed by atoms with E-state index < -0.39 is 11.9 Å². The number of aliphatic carboxylic acids is 2. The zero-order valence-electron chi connectivity index (χ0n) is 9.11. The van der Waals surface area contributed by atoms with Gasteiger partial charge in [0.2, 0.25) is 0 Å². The monoisotopic (exact) mass is 217 g/mol. The van der Waals surface area contributed by atoms with Gasteiger partial charge in [0.25, 0.3) is 0 Å². The summed E-state index contributed by atoms with van der Waals surface area (Å²) in [5.41, 5.74) is 0. The number of carboxylic acid groups (broad SMARTS) is 2. The summed E-state index contributed by atoms with van der Waals surface area (Å²) in [4.78, 5) is 22.3. The van der Waals surface area contributed by atoms with Crippen LogP contribution in [0.3, 0.4) is 0 Å². The van der Waals surface area contributed by atoms with Crippen LogP contribution in [0.25, 0.3) is 0 Å². The van der Waals surface area contributed by atoms with E-state index in [1.54, 1.807) is 0 Å². The number of hydrogen-bond donors (Lipinski definition) is 2. The molecule has 0 spiro atoms. The van der Waals surface area contributed by atoms with E-state index in [9.17, 15) is 9.59 Å². The van der Waals surface area contributed by atoms with Gasteiger partial charge >= 0.3 is 11.9 Å². The fourth-order valence-electron chi connectivity index (χ4n) is 1.36. The summed E-state index contributed by atoms with van der Waals surface area (Å²) in [5, 5.41) is 17.1. The summed E-state index contributed by atoms with van der Waals surface area (Å²) >= 11 is 0. The average Bonchev–Trinajstić information content (AvgIpc) is 2.10. The Balaban J connectivity index is 3.79. The van der Waals surface area contributed by atoms with E-state index in [0.717, 1.165) is 25.7 Å². The van der Waals surface area contributed by atoms with Gasteiger partial charge in [0.15, 0.2) is 0 Å². The predicted octanol–water partition coefficient (Wildman–Crippen LogP) is 1.04. The lowest BCUT2D eigenvalue weighted by atomic mass is 10.2. The maximum atomic E-state index is 10.4. The van der Waals surface area contributed by atoms with E-state index in [2.05, 4.69) is 6.92 Å². The van der Waals surface area contributed by atoms with Crippen LogP contribution in [0, 0.1) is 0 Å². The van der Waals surface area contributed by atoms with Gasteiger partial charge in [-0.15, -0.1) is 0 Å². The second-order valence-electron chi connectivity index (χ2n) is 3.56. The maximum absolute atomic E-state index is 10.4. The molecule has 5 heteroatoms. The summed E-state index contributed by atoms with van der Waals surface area (Å²) in [6.45, 7) is 2.24. The van der Waals surface area contributed by atoms with Gasteiger partial charge in [0.05, 0.1) is 13.1 Å². The van der Waals surface area contributed by atoms with Crippen molar-refractivity contribution in [2.75, 3.05) is 19.6 Å². The first-order valence-corrected chi connectivity index (χ1v) is 5.22. The van der Waals surface area contributed by atoms with Crippen molar-refractivity contribution < 1.29 is 19.8 Å². The average molecular weight is 217 g/mol. The van der Waals surface area contributed by atoms with Crippen LogP contribution in [0.1, 0.15) is 32.6 Å². The Bertz CT molecular complexity index is 190. The Morgan fingerprint density at radius 3 is 1.93 bits per heavy atom. The third-order valence-electron chi connectivity index (χ3n) is 2.05. The third-order valence-corrected chi connectivity index (χ3v) is 2.05. The van der Waals surface area contributed by atoms with Crippen molar-refractivity contribution in [3.05, 3.63) is 0 Å². The van der Waals surface area contributed by atoms with Crippen LogP contribution in [0.2, 0.25) is 0 Å². The molecule has 5 nitrogen and oxygen atoms in total. The number of rotatable bonds is 9. The van der Waals surface area contributed by atoms with Gasteiger partial charge in [0.1, 0.15) is 0 Å². The molecule has 0 aliphatic heterocycles. The van der Waals surface area contributed by atoms with Gasteiger partial charge in [0, 0.05) is 0 Å². The van der Waals surface area contributed by atoms with Crippen LogP contribution in [0.4, 0.5) is 0 Å². The molecule has 0 aliphatic rings. The molecule has 0 aromatic heterocycles. The van der Waals surface area contributed by atoms with Gasteiger partial charge in [-0.1, -0.05) is 26.2 Å². The number of nitrogens with zero attached hydrogens (tertiary/aromatic N) is 1. The van der Waals surface area contributed by atoms with Crippen LogP contribution in [-0.2, 0) is 9.59 Å². The van der Waals surface area contributed by atoms with E-state index in [1.807, 2.05) is 0 Å². The van der Waals surface area contributed by atoms with Crippen molar-refractivity contribution in [1.82, 2.24) is 4.90 Å². The number of carboxylic acids is 2. The van der Waals surface area contributed by atoms with Crippen molar-refractivity contribution in [3.63, 3.8) is 0 Å². The van der Waals surface area contributed by atoms with Crippen LogP contribution >= 0.6 is 0 Å². The normalized spacial score (nSPS) is 10.5. The highest BCUT2D eigenvalue weighted by Gasteiger charge is 2.12. The molecule has 0 amide bonds. The zero-order chi connectivity index (χ0) is 11.7. The van der Waals surface area contributed by atoms with E-state index in [-0.39, 0.29) is 13.1 Å². The van der Waals surface area contributed by atoms with E-state index >= 15 is 0 Å². The fraction of sp³-hybridized carbons (Fsp3) is 0.800. The van der Waals surface area contributed by atoms with Gasteiger partial charge in [-0.3, -0.25) is 14.5 Å². The van der Waals surface area contributed by atoms with E-state index in [4.69, 9.17) is 10.2 Å². The Labute approximate surface area is 89.7 Å². The van der Waals surface area contributed by atoms with Gasteiger partial charge in [-0.05, 0) is 13.0 Å². The molecule has 0 atom stereocenters. The molecule has 0 heterocycles. The smallest absolute Gasteiger partial charge is 0.317 e. The standard InChI is InChI=1S/C10H19NO4/c1-2-3-4-5-6-11(7-9(12)13)8-10(14)15/h2-8H2,1H3,(H,12,13)(H,14,15). The minimum absolute atomic E-state index is 0.196. The SMILES string of the molecule is CCCCCCN(CC(=O)O)CC(=O)O. The molecule has 0 radical (unpaired) electrons. The quantitative estimate of drug-likeness (QED) is 0.564. The highest BCUT2D eigenvalue weighted by atomic mass is 16.4. The Morgan fingerprint density at radius 1 is 1.00 bits per heavy atom. The molecule has 0 aromatic rings. The lowest BCUT2D eigenvalue weighted by Crippen LogP contribution is -2.35. The minimum atomic E-state index is -0.980. The second-order valence-corrected chi connectivity index (χ2v) is 3.56. The first kappa shape index (κ1) is 13.9. The molecule has 0 rings (SSSR count). The summed E-state index contributed by atoms with van der Waals surface area (Å²) in [6, 6.07) is 0. The number of unbranched alkanes of at least 4 members (excludes halogenated alkanes) is 3. The van der Waals surface area contributed by atoms with Gasteiger partial charge < -0.3 is 10.2 Å². The molecule has 0 unspecified atom stereocenters. The van der Waals surface area contributed by atoms with E-state index in [0.29, 0.717) is 6.54 Å². The van der Waals surface area contributed by atoms with E-state index in [1.165, 1.54) is 4.90 Å². The first-order valence-electron chi connectivity index (χ1n) is 5.22. The summed E-state index contributed by atoms with van der Waals surface area (Å²) in [7, 11) is 0. The van der Waals surface area contributed by atoms with Crippen molar-refractivity contribution in [1.29, 1.82) is 0 Å². The largest absolute Gasteiger partial charge is 0.480 e. The van der Waals surface area contributed by atoms with Crippen molar-refractivity contribution in [2.45, 2.75) is 32.6 Å². The molecule has 88 valence electrons. The number of carbonyl (C=O) groups is 2. The molecule has 0 aliphatic carbocycles. The summed E-state index contributed by atoms with van der Waals surface area (Å²) in [5.74, 6) is -1.96. The number of hydrogen-bond acceptors (Lipinski definition) is 3. The van der Waals surface area contributed by atoms with Crippen molar-refractivity contribution in [3.8, 4) is 0 Å². The molecule has 0 saturated heterocycles. The van der Waals surface area contributed by atoms with Gasteiger partial charge in [-0.25, -0.2) is 0 Å². The zero-order valence-corrected chi connectivity index (χ0v) is 9.11. The molecule has 0 saturated carbocycles. The lowest BCUT2D eigenvalue weighted by molar-refractivity contribution is -0.141. The summed E-state index contributed by atoms with van der Waals surface area (Å²) in [6.07, 6.45) is 4.09. The molecule has 0 fully saturated rings. The molecule has 0 aromatic carbocycles. The highest BCUT2D eigenvalue weighted by Crippen LogP contribution is 2.01. The van der Waals surface area contributed by atoms with Gasteiger partial charge in [-0.2, -0.15) is 0 Å². The Morgan fingerprint density at radius 2 is 1.53 bits per heavy atom. The van der Waals surface area contributed by atoms with Crippen molar-refractivity contribution >= 4 is 11.9 Å². The van der Waals surface area contributed by atoms with Crippen LogP contribution in [0.5, 0.6) is 0 Å². The lowest BCUT2D eigenvalue weighted by Gasteiger charge is -2.17. The second kappa shape index (κ2) is 8.23. The molecule has 2 N–H and O–H groups in total. The summed E-state index contributed by atoms with van der Waals surface area (Å²) < 4.78 is 0. The van der Waals surface area contributed by atoms with Crippen LogP contribution in [0.15, 0.2) is 0 Å².